The third-order valence-electron chi connectivity index (χ3n) is 6.02. The van der Waals surface area contributed by atoms with Gasteiger partial charge in [-0.15, -0.1) is 0 Å². The average molecular weight is 402 g/mol. The molecule has 7 heteroatoms. The van der Waals surface area contributed by atoms with Crippen LogP contribution in [-0.2, 0) is 4.74 Å². The molecule has 0 radical (unpaired) electrons. The molecule has 1 aliphatic heterocycles. The average Bonchev–Trinajstić information content (AvgIpc) is 2.96. The van der Waals surface area contributed by atoms with E-state index < -0.39 is 0 Å². The Morgan fingerprint density at radius 2 is 1.97 bits per heavy atom. The van der Waals surface area contributed by atoms with Crippen molar-refractivity contribution in [2.45, 2.75) is 77.0 Å². The second kappa shape index (κ2) is 10.2. The monoisotopic (exact) mass is 401 g/mol. The minimum absolute atomic E-state index is 0.0514. The Hall–Kier alpha value is -1.99. The van der Waals surface area contributed by atoms with Crippen molar-refractivity contribution in [3.05, 3.63) is 23.4 Å². The van der Waals surface area contributed by atoms with E-state index in [2.05, 4.69) is 20.5 Å². The summed E-state index contributed by atoms with van der Waals surface area (Å²) >= 11 is 0. The molecule has 160 valence electrons. The van der Waals surface area contributed by atoms with E-state index in [1.54, 1.807) is 20.2 Å². The van der Waals surface area contributed by atoms with E-state index >= 15 is 0 Å². The first kappa shape index (κ1) is 21.7. The van der Waals surface area contributed by atoms with Gasteiger partial charge in [0.15, 0.2) is 0 Å². The molecule has 3 N–H and O–H groups in total. The Kier molecular flexibility index (Phi) is 7.61. The Labute approximate surface area is 174 Å². The second-order valence-electron chi connectivity index (χ2n) is 8.43. The van der Waals surface area contributed by atoms with Gasteiger partial charge < -0.3 is 20.3 Å². The number of nitrogens with one attached hydrogen (secondary N) is 3. The first-order chi connectivity index (χ1) is 14.0. The topological polar surface area (TPSA) is 90.3 Å². The molecular weight excluding hydrogens is 366 g/mol. The maximum atomic E-state index is 12.6. The van der Waals surface area contributed by atoms with Crippen LogP contribution in [-0.4, -0.2) is 55.1 Å². The number of aromatic nitrogens is 1. The van der Waals surface area contributed by atoms with Gasteiger partial charge in [-0.1, -0.05) is 25.7 Å². The summed E-state index contributed by atoms with van der Waals surface area (Å²) in [4.78, 5) is 19.3. The van der Waals surface area contributed by atoms with Crippen molar-refractivity contribution >= 4 is 17.6 Å². The first-order valence-electron chi connectivity index (χ1n) is 10.8. The number of methoxy groups -OCH3 is 1. The minimum Gasteiger partial charge on any atom is -0.378 e. The number of amidine groups is 1. The summed E-state index contributed by atoms with van der Waals surface area (Å²) in [5, 5.41) is 14.0. The molecule has 1 saturated carbocycles. The number of hydrogen-bond donors (Lipinski definition) is 3. The molecule has 7 nitrogen and oxygen atoms in total. The third kappa shape index (κ3) is 5.76. The van der Waals surface area contributed by atoms with E-state index in [-0.39, 0.29) is 17.8 Å². The van der Waals surface area contributed by atoms with Crippen molar-refractivity contribution in [2.75, 3.05) is 25.1 Å². The van der Waals surface area contributed by atoms with E-state index in [0.717, 1.165) is 18.5 Å². The van der Waals surface area contributed by atoms with E-state index in [1.807, 2.05) is 13.0 Å². The smallest absolute Gasteiger partial charge is 0.260 e. The molecular formula is C22H35N5O2. The van der Waals surface area contributed by atoms with Crippen LogP contribution in [0.15, 0.2) is 12.3 Å². The summed E-state index contributed by atoms with van der Waals surface area (Å²) in [7, 11) is 1.77. The molecule has 1 saturated heterocycles. The lowest BCUT2D eigenvalue weighted by Crippen LogP contribution is -2.56. The molecule has 3 rings (SSSR count). The van der Waals surface area contributed by atoms with Gasteiger partial charge in [0.05, 0.1) is 17.5 Å². The van der Waals surface area contributed by atoms with Gasteiger partial charge in [-0.3, -0.25) is 10.2 Å². The summed E-state index contributed by atoms with van der Waals surface area (Å²) in [5.74, 6) is 0.518. The fourth-order valence-electron chi connectivity index (χ4n) is 4.51. The molecule has 1 aromatic heterocycles. The quantitative estimate of drug-likeness (QED) is 0.401. The number of carbonyl (C=O) groups excluding carboxylic acids is 1. The van der Waals surface area contributed by atoms with Gasteiger partial charge in [-0.05, 0) is 44.7 Å². The van der Waals surface area contributed by atoms with Crippen molar-refractivity contribution in [1.29, 1.82) is 5.41 Å². The molecule has 0 bridgehead atoms. The molecule has 2 unspecified atom stereocenters. The molecule has 2 aliphatic rings. The predicted molar refractivity (Wildman–Crippen MR) is 116 cm³/mol. The van der Waals surface area contributed by atoms with Gasteiger partial charge in [-0.25, -0.2) is 4.98 Å². The van der Waals surface area contributed by atoms with Gasteiger partial charge >= 0.3 is 0 Å². The molecule has 29 heavy (non-hydrogen) atoms. The standard InChI is InChI=1S/C22H35N5O2/c1-15-12-18(22(28)25-16(2)23)21(24-13-15)27-11-10-19(20(14-27)29-3)26-17-8-6-4-5-7-9-17/h12-13,17,19-20,26H,4-11,14H2,1-3H3,(H2,23,25,28). The summed E-state index contributed by atoms with van der Waals surface area (Å²) in [6.45, 7) is 5.00. The van der Waals surface area contributed by atoms with Crippen LogP contribution < -0.4 is 15.5 Å². The molecule has 0 spiro atoms. The molecule has 2 heterocycles. The highest BCUT2D eigenvalue weighted by Gasteiger charge is 2.33. The zero-order valence-corrected chi connectivity index (χ0v) is 18.0. The summed E-state index contributed by atoms with van der Waals surface area (Å²) in [6, 6.07) is 2.75. The number of anilines is 1. The van der Waals surface area contributed by atoms with Crippen molar-refractivity contribution < 1.29 is 9.53 Å². The number of hydrogen-bond acceptors (Lipinski definition) is 6. The van der Waals surface area contributed by atoms with E-state index in [1.165, 1.54) is 38.5 Å². The van der Waals surface area contributed by atoms with Gasteiger partial charge in [0.1, 0.15) is 5.82 Å². The van der Waals surface area contributed by atoms with Gasteiger partial charge in [0.25, 0.3) is 5.91 Å². The van der Waals surface area contributed by atoms with Crippen LogP contribution in [0.25, 0.3) is 0 Å². The molecule has 1 amide bonds. The number of piperidine rings is 1. The van der Waals surface area contributed by atoms with Gasteiger partial charge in [0.2, 0.25) is 0 Å². The Morgan fingerprint density at radius 3 is 2.62 bits per heavy atom. The van der Waals surface area contributed by atoms with Crippen molar-refractivity contribution in [3.63, 3.8) is 0 Å². The maximum absolute atomic E-state index is 12.6. The lowest BCUT2D eigenvalue weighted by Gasteiger charge is -2.40. The number of amides is 1. The summed E-state index contributed by atoms with van der Waals surface area (Å²) < 4.78 is 5.85. The van der Waals surface area contributed by atoms with Crippen LogP contribution in [0.5, 0.6) is 0 Å². The largest absolute Gasteiger partial charge is 0.378 e. The third-order valence-corrected chi connectivity index (χ3v) is 6.02. The van der Waals surface area contributed by atoms with Crippen LogP contribution in [0.4, 0.5) is 5.82 Å². The highest BCUT2D eigenvalue weighted by molar-refractivity contribution is 6.07. The highest BCUT2D eigenvalue weighted by Crippen LogP contribution is 2.26. The first-order valence-corrected chi connectivity index (χ1v) is 10.8. The lowest BCUT2D eigenvalue weighted by atomic mass is 9.98. The SMILES string of the molecule is COC1CN(c2ncc(C)cc2C(=O)NC(C)=N)CCC1NC1CCCCCC1. The predicted octanol–water partition coefficient (Wildman–Crippen LogP) is 3.02. The van der Waals surface area contributed by atoms with Crippen LogP contribution in [0.1, 0.15) is 67.8 Å². The fourth-order valence-corrected chi connectivity index (χ4v) is 4.51. The van der Waals surface area contributed by atoms with Crippen molar-refractivity contribution in [1.82, 2.24) is 15.6 Å². The number of carbonyl (C=O) groups is 1. The fraction of sp³-hybridized carbons (Fsp3) is 0.682. The maximum Gasteiger partial charge on any atom is 0.260 e. The molecule has 0 aromatic carbocycles. The summed E-state index contributed by atoms with van der Waals surface area (Å²) in [6.07, 6.45) is 10.6. The van der Waals surface area contributed by atoms with Gasteiger partial charge in [0, 0.05) is 38.5 Å². The Balaban J connectivity index is 1.72. The Bertz CT molecular complexity index is 715. The van der Waals surface area contributed by atoms with Crippen molar-refractivity contribution in [3.8, 4) is 0 Å². The van der Waals surface area contributed by atoms with E-state index in [9.17, 15) is 4.79 Å². The molecule has 1 aliphatic carbocycles. The van der Waals surface area contributed by atoms with E-state index in [4.69, 9.17) is 10.1 Å². The Morgan fingerprint density at radius 1 is 1.24 bits per heavy atom. The minimum atomic E-state index is -0.281. The number of nitrogens with zero attached hydrogens (tertiary/aromatic N) is 2. The van der Waals surface area contributed by atoms with Crippen LogP contribution in [0.2, 0.25) is 0 Å². The van der Waals surface area contributed by atoms with Crippen LogP contribution in [0, 0.1) is 12.3 Å². The lowest BCUT2D eigenvalue weighted by molar-refractivity contribution is 0.0546. The van der Waals surface area contributed by atoms with Crippen LogP contribution >= 0.6 is 0 Å². The number of ether oxygens (including phenoxy) is 1. The zero-order chi connectivity index (χ0) is 20.8. The molecule has 2 fully saturated rings. The zero-order valence-electron chi connectivity index (χ0n) is 18.0. The number of pyridine rings is 1. The van der Waals surface area contributed by atoms with E-state index in [0.29, 0.717) is 30.0 Å². The van der Waals surface area contributed by atoms with Crippen molar-refractivity contribution in [2.24, 2.45) is 0 Å². The number of rotatable bonds is 5. The second-order valence-corrected chi connectivity index (χ2v) is 8.43. The molecule has 2 atom stereocenters. The summed E-state index contributed by atoms with van der Waals surface area (Å²) in [5.41, 5.74) is 1.44. The van der Waals surface area contributed by atoms with Crippen LogP contribution in [0.3, 0.4) is 0 Å². The normalized spacial score (nSPS) is 23.5. The molecule has 1 aromatic rings. The highest BCUT2D eigenvalue weighted by atomic mass is 16.5. The van der Waals surface area contributed by atoms with Gasteiger partial charge in [-0.2, -0.15) is 0 Å². The number of aryl methyl sites for hydroxylation is 1.